The van der Waals surface area contributed by atoms with Gasteiger partial charge in [-0.25, -0.2) is 0 Å². The number of benzene rings is 1. The van der Waals surface area contributed by atoms with Gasteiger partial charge in [-0.15, -0.1) is 13.2 Å². The summed E-state index contributed by atoms with van der Waals surface area (Å²) in [6, 6.07) is 9.19. The Morgan fingerprint density at radius 2 is 1.90 bits per heavy atom. The molecule has 0 saturated heterocycles. The summed E-state index contributed by atoms with van der Waals surface area (Å²) in [6.45, 7) is 0. The van der Waals surface area contributed by atoms with Crippen molar-refractivity contribution in [1.29, 1.82) is 0 Å². The average Bonchev–Trinajstić information content (AvgIpc) is 2.46. The van der Waals surface area contributed by atoms with Crippen LogP contribution in [0.3, 0.4) is 0 Å². The van der Waals surface area contributed by atoms with Crippen molar-refractivity contribution in [2.24, 2.45) is 5.84 Å². The summed E-state index contributed by atoms with van der Waals surface area (Å²) in [6.07, 6.45) is -0.820. The third kappa shape index (κ3) is 4.73. The summed E-state index contributed by atoms with van der Waals surface area (Å²) in [7, 11) is 0. The van der Waals surface area contributed by atoms with Crippen molar-refractivity contribution in [3.8, 4) is 5.75 Å². The summed E-state index contributed by atoms with van der Waals surface area (Å²) >= 11 is 0. The molecule has 2 aromatic rings. The Labute approximate surface area is 119 Å². The molecule has 1 unspecified atom stereocenters. The van der Waals surface area contributed by atoms with Crippen LogP contribution in [0.15, 0.2) is 48.8 Å². The van der Waals surface area contributed by atoms with Crippen LogP contribution in [-0.4, -0.2) is 11.3 Å². The molecule has 1 atom stereocenters. The molecule has 0 aliphatic rings. The monoisotopic (exact) mass is 297 g/mol. The highest BCUT2D eigenvalue weighted by molar-refractivity contribution is 5.29. The van der Waals surface area contributed by atoms with Crippen LogP contribution in [0.5, 0.6) is 5.75 Å². The number of halogens is 3. The Kier molecular flexibility index (Phi) is 4.77. The lowest BCUT2D eigenvalue weighted by atomic mass is 10.0. The first-order valence-electron chi connectivity index (χ1n) is 6.18. The lowest BCUT2D eigenvalue weighted by Crippen LogP contribution is -2.29. The molecule has 21 heavy (non-hydrogen) atoms. The summed E-state index contributed by atoms with van der Waals surface area (Å²) < 4.78 is 40.0. The maximum Gasteiger partial charge on any atom is 0.573 e. The summed E-state index contributed by atoms with van der Waals surface area (Å²) in [4.78, 5) is 4.01. The molecule has 2 rings (SSSR count). The van der Waals surface area contributed by atoms with E-state index in [2.05, 4.69) is 15.1 Å². The molecule has 3 N–H and O–H groups in total. The van der Waals surface area contributed by atoms with Crippen LogP contribution in [0.2, 0.25) is 0 Å². The van der Waals surface area contributed by atoms with E-state index >= 15 is 0 Å². The second-order valence-electron chi connectivity index (χ2n) is 4.40. The first kappa shape index (κ1) is 15.3. The number of alkyl halides is 3. The van der Waals surface area contributed by atoms with E-state index < -0.39 is 6.36 Å². The summed E-state index contributed by atoms with van der Waals surface area (Å²) in [5.74, 6) is 5.27. The molecule has 7 heteroatoms. The predicted octanol–water partition coefficient (Wildman–Crippen LogP) is 2.73. The molecular formula is C14H14F3N3O. The molecule has 0 amide bonds. The normalized spacial score (nSPS) is 13.0. The van der Waals surface area contributed by atoms with E-state index in [1.54, 1.807) is 30.6 Å². The fourth-order valence-corrected chi connectivity index (χ4v) is 1.92. The minimum Gasteiger partial charge on any atom is -0.406 e. The van der Waals surface area contributed by atoms with Gasteiger partial charge >= 0.3 is 6.36 Å². The molecule has 112 valence electrons. The van der Waals surface area contributed by atoms with Gasteiger partial charge in [0.1, 0.15) is 5.75 Å². The number of pyridine rings is 1. The van der Waals surface area contributed by atoms with Gasteiger partial charge in [0.25, 0.3) is 0 Å². The highest BCUT2D eigenvalue weighted by Gasteiger charge is 2.30. The van der Waals surface area contributed by atoms with Gasteiger partial charge in [-0.3, -0.25) is 16.3 Å². The van der Waals surface area contributed by atoms with Gasteiger partial charge in [0.2, 0.25) is 0 Å². The molecule has 0 saturated carbocycles. The van der Waals surface area contributed by atoms with Crippen molar-refractivity contribution in [2.45, 2.75) is 18.8 Å². The first-order valence-corrected chi connectivity index (χ1v) is 6.18. The fraction of sp³-hybridized carbons (Fsp3) is 0.214. The SMILES string of the molecule is NNC(Cc1ccc(OC(F)(F)F)cc1)c1cccnc1. The van der Waals surface area contributed by atoms with E-state index in [1.165, 1.54) is 12.1 Å². The maximum atomic E-state index is 12.1. The molecule has 0 bridgehead atoms. The number of hydrazine groups is 1. The quantitative estimate of drug-likeness (QED) is 0.658. The zero-order valence-electron chi connectivity index (χ0n) is 11.0. The predicted molar refractivity (Wildman–Crippen MR) is 71.1 cm³/mol. The van der Waals surface area contributed by atoms with Gasteiger partial charge < -0.3 is 4.74 Å². The molecule has 0 aliphatic heterocycles. The van der Waals surface area contributed by atoms with E-state index in [1.807, 2.05) is 6.07 Å². The molecule has 0 radical (unpaired) electrons. The second-order valence-corrected chi connectivity index (χ2v) is 4.40. The minimum atomic E-state index is -4.68. The number of hydrogen-bond donors (Lipinski definition) is 2. The second kappa shape index (κ2) is 6.55. The van der Waals surface area contributed by atoms with Crippen LogP contribution in [0.4, 0.5) is 13.2 Å². The van der Waals surface area contributed by atoms with E-state index in [9.17, 15) is 13.2 Å². The standard InChI is InChI=1S/C14H14F3N3O/c15-14(16,17)21-12-5-3-10(4-6-12)8-13(20-18)11-2-1-7-19-9-11/h1-7,9,13,20H,8,18H2. The topological polar surface area (TPSA) is 60.2 Å². The van der Waals surface area contributed by atoms with Crippen LogP contribution in [0.25, 0.3) is 0 Å². The molecule has 4 nitrogen and oxygen atoms in total. The Hall–Kier alpha value is -2.12. The Morgan fingerprint density at radius 1 is 1.19 bits per heavy atom. The van der Waals surface area contributed by atoms with Crippen molar-refractivity contribution in [3.05, 3.63) is 59.9 Å². The van der Waals surface area contributed by atoms with Crippen molar-refractivity contribution < 1.29 is 17.9 Å². The largest absolute Gasteiger partial charge is 0.573 e. The number of aromatic nitrogens is 1. The Bertz CT molecular complexity index is 558. The molecule has 0 aliphatic carbocycles. The van der Waals surface area contributed by atoms with E-state index in [4.69, 9.17) is 5.84 Å². The third-order valence-electron chi connectivity index (χ3n) is 2.88. The lowest BCUT2D eigenvalue weighted by molar-refractivity contribution is -0.274. The summed E-state index contributed by atoms with van der Waals surface area (Å²) in [5.41, 5.74) is 4.40. The fourth-order valence-electron chi connectivity index (χ4n) is 1.92. The van der Waals surface area contributed by atoms with Crippen LogP contribution in [0, 0.1) is 0 Å². The third-order valence-corrected chi connectivity index (χ3v) is 2.88. The van der Waals surface area contributed by atoms with Gasteiger partial charge in [0.15, 0.2) is 0 Å². The van der Waals surface area contributed by atoms with Crippen molar-refractivity contribution >= 4 is 0 Å². The van der Waals surface area contributed by atoms with Crippen molar-refractivity contribution in [3.63, 3.8) is 0 Å². The average molecular weight is 297 g/mol. The van der Waals surface area contributed by atoms with Gasteiger partial charge in [-0.1, -0.05) is 18.2 Å². The van der Waals surface area contributed by atoms with Crippen LogP contribution in [-0.2, 0) is 6.42 Å². The van der Waals surface area contributed by atoms with Crippen LogP contribution in [0.1, 0.15) is 17.2 Å². The van der Waals surface area contributed by atoms with E-state index in [0.717, 1.165) is 11.1 Å². The number of hydrogen-bond acceptors (Lipinski definition) is 4. The van der Waals surface area contributed by atoms with Crippen LogP contribution < -0.4 is 16.0 Å². The maximum absolute atomic E-state index is 12.1. The van der Waals surface area contributed by atoms with Crippen molar-refractivity contribution in [2.75, 3.05) is 0 Å². The van der Waals surface area contributed by atoms with E-state index in [-0.39, 0.29) is 11.8 Å². The number of nitrogens with zero attached hydrogens (tertiary/aromatic N) is 1. The van der Waals surface area contributed by atoms with Crippen molar-refractivity contribution in [1.82, 2.24) is 10.4 Å². The Balaban J connectivity index is 2.05. The smallest absolute Gasteiger partial charge is 0.406 e. The highest BCUT2D eigenvalue weighted by Crippen LogP contribution is 2.24. The molecular weight excluding hydrogens is 283 g/mol. The van der Waals surface area contributed by atoms with E-state index in [0.29, 0.717) is 6.42 Å². The number of nitrogens with one attached hydrogen (secondary N) is 1. The molecule has 1 heterocycles. The zero-order chi connectivity index (χ0) is 15.3. The highest BCUT2D eigenvalue weighted by atomic mass is 19.4. The molecule has 0 spiro atoms. The summed E-state index contributed by atoms with van der Waals surface area (Å²) in [5, 5.41) is 0. The number of ether oxygens (including phenoxy) is 1. The number of nitrogens with two attached hydrogens (primary N) is 1. The first-order chi connectivity index (χ1) is 9.98. The van der Waals surface area contributed by atoms with Gasteiger partial charge in [0.05, 0.1) is 6.04 Å². The molecule has 1 aromatic heterocycles. The van der Waals surface area contributed by atoms with Gasteiger partial charge in [0, 0.05) is 12.4 Å². The molecule has 0 fully saturated rings. The lowest BCUT2D eigenvalue weighted by Gasteiger charge is -2.16. The van der Waals surface area contributed by atoms with Crippen LogP contribution >= 0.6 is 0 Å². The molecule has 1 aromatic carbocycles. The zero-order valence-corrected chi connectivity index (χ0v) is 11.0. The number of rotatable bonds is 5. The van der Waals surface area contributed by atoms with Gasteiger partial charge in [-0.05, 0) is 35.7 Å². The Morgan fingerprint density at radius 3 is 2.43 bits per heavy atom. The minimum absolute atomic E-state index is 0.173. The van der Waals surface area contributed by atoms with Gasteiger partial charge in [-0.2, -0.15) is 0 Å².